The second kappa shape index (κ2) is 8.08. The van der Waals surface area contributed by atoms with Crippen LogP contribution in [0.25, 0.3) is 10.9 Å². The number of pyridine rings is 2. The maximum atomic E-state index is 12.4. The summed E-state index contributed by atoms with van der Waals surface area (Å²) in [5.74, 6) is 0.356. The number of aryl methyl sites for hydroxylation is 2. The van der Waals surface area contributed by atoms with Crippen LogP contribution in [0, 0.1) is 13.8 Å². The maximum absolute atomic E-state index is 12.4. The zero-order valence-electron chi connectivity index (χ0n) is 16.4. The lowest BCUT2D eigenvalue weighted by atomic mass is 10.1. The fourth-order valence-electron chi connectivity index (χ4n) is 3.26. The Kier molecular flexibility index (Phi) is 5.33. The van der Waals surface area contributed by atoms with E-state index in [9.17, 15) is 4.79 Å². The minimum absolute atomic E-state index is 0.0192. The predicted molar refractivity (Wildman–Crippen MR) is 113 cm³/mol. The molecule has 0 aliphatic rings. The van der Waals surface area contributed by atoms with Crippen LogP contribution in [0.4, 0.5) is 5.82 Å². The number of carbonyl (C=O) groups is 1. The Labute approximate surface area is 177 Å². The highest BCUT2D eigenvalue weighted by atomic mass is 35.5. The quantitative estimate of drug-likeness (QED) is 0.505. The van der Waals surface area contributed by atoms with Gasteiger partial charge in [0.1, 0.15) is 5.82 Å². The van der Waals surface area contributed by atoms with E-state index in [4.69, 9.17) is 21.9 Å². The van der Waals surface area contributed by atoms with Crippen LogP contribution in [-0.4, -0.2) is 26.0 Å². The first kappa shape index (κ1) is 19.8. The van der Waals surface area contributed by atoms with Gasteiger partial charge in [0.05, 0.1) is 17.0 Å². The summed E-state index contributed by atoms with van der Waals surface area (Å²) in [6, 6.07) is 9.39. The predicted octanol–water partition coefficient (Wildman–Crippen LogP) is 3.39. The Balaban J connectivity index is 1.44. The number of nitrogens with zero attached hydrogens (tertiary/aromatic N) is 4. The van der Waals surface area contributed by atoms with Crippen molar-refractivity contribution in [2.75, 3.05) is 5.73 Å². The molecule has 0 aliphatic heterocycles. The molecule has 0 atom stereocenters. The summed E-state index contributed by atoms with van der Waals surface area (Å²) < 4.78 is 5.25. The first-order valence-corrected chi connectivity index (χ1v) is 9.64. The minimum Gasteiger partial charge on any atom is -0.384 e. The molecule has 8 nitrogen and oxygen atoms in total. The van der Waals surface area contributed by atoms with Crippen LogP contribution < -0.4 is 11.1 Å². The summed E-state index contributed by atoms with van der Waals surface area (Å²) in [6.07, 6.45) is 2.00. The second-order valence-electron chi connectivity index (χ2n) is 6.98. The van der Waals surface area contributed by atoms with Crippen LogP contribution in [0.1, 0.15) is 38.9 Å². The molecule has 0 radical (unpaired) electrons. The van der Waals surface area contributed by atoms with Crippen LogP contribution in [-0.2, 0) is 13.0 Å². The first-order valence-electron chi connectivity index (χ1n) is 9.26. The molecule has 3 heterocycles. The van der Waals surface area contributed by atoms with Crippen LogP contribution in [0.5, 0.6) is 0 Å². The molecular weight excluding hydrogens is 404 g/mol. The average molecular weight is 423 g/mol. The van der Waals surface area contributed by atoms with Crippen LogP contribution >= 0.6 is 11.6 Å². The lowest BCUT2D eigenvalue weighted by molar-refractivity contribution is 0.0937. The van der Waals surface area contributed by atoms with Gasteiger partial charge in [-0.3, -0.25) is 9.78 Å². The van der Waals surface area contributed by atoms with Crippen molar-refractivity contribution >= 4 is 34.2 Å². The molecule has 0 aliphatic carbocycles. The van der Waals surface area contributed by atoms with E-state index in [1.165, 1.54) is 0 Å². The van der Waals surface area contributed by atoms with E-state index >= 15 is 0 Å². The number of hydrogen-bond donors (Lipinski definition) is 2. The number of nitrogens with one attached hydrogen (secondary N) is 1. The van der Waals surface area contributed by atoms with Crippen molar-refractivity contribution in [2.24, 2.45) is 0 Å². The third-order valence-corrected chi connectivity index (χ3v) is 4.95. The largest absolute Gasteiger partial charge is 0.384 e. The molecule has 30 heavy (non-hydrogen) atoms. The van der Waals surface area contributed by atoms with E-state index in [0.717, 1.165) is 33.3 Å². The van der Waals surface area contributed by atoms with Crippen molar-refractivity contribution in [3.63, 3.8) is 0 Å². The maximum Gasteiger partial charge on any atom is 0.292 e. The zero-order chi connectivity index (χ0) is 21.3. The lowest BCUT2D eigenvalue weighted by Gasteiger charge is -2.10. The van der Waals surface area contributed by atoms with Crippen molar-refractivity contribution in [2.45, 2.75) is 26.8 Å². The van der Waals surface area contributed by atoms with Gasteiger partial charge >= 0.3 is 0 Å². The number of rotatable bonds is 5. The smallest absolute Gasteiger partial charge is 0.292 e. The van der Waals surface area contributed by atoms with Crippen molar-refractivity contribution < 1.29 is 9.32 Å². The molecule has 0 saturated carbocycles. The lowest BCUT2D eigenvalue weighted by Crippen LogP contribution is -2.25. The van der Waals surface area contributed by atoms with E-state index in [0.29, 0.717) is 29.7 Å². The van der Waals surface area contributed by atoms with Crippen molar-refractivity contribution in [3.8, 4) is 0 Å². The van der Waals surface area contributed by atoms with Crippen molar-refractivity contribution in [1.29, 1.82) is 0 Å². The fourth-order valence-corrected chi connectivity index (χ4v) is 3.43. The molecule has 0 spiro atoms. The van der Waals surface area contributed by atoms with Crippen molar-refractivity contribution in [1.82, 2.24) is 25.4 Å². The molecule has 3 aromatic heterocycles. The van der Waals surface area contributed by atoms with Crippen LogP contribution in [0.3, 0.4) is 0 Å². The van der Waals surface area contributed by atoms with E-state index in [2.05, 4.69) is 25.4 Å². The number of aromatic nitrogens is 4. The molecule has 0 unspecified atom stereocenters. The molecule has 9 heteroatoms. The summed E-state index contributed by atoms with van der Waals surface area (Å²) in [6.45, 7) is 4.07. The topological polar surface area (TPSA) is 120 Å². The summed E-state index contributed by atoms with van der Waals surface area (Å²) in [5.41, 5.74) is 10.2. The van der Waals surface area contributed by atoms with Gasteiger partial charge in [-0.25, -0.2) is 4.98 Å². The standard InChI is InChI=1S/C21H19ClN6O2/c1-11-5-18(23)26-12(2)16(11)10-25-21(29)20-27-19(30-28-20)7-13-3-4-17-14(6-13)8-15(22)9-24-17/h3-6,8-9H,7,10H2,1-2H3,(H2,23,26)(H,25,29). The number of benzene rings is 1. The van der Waals surface area contributed by atoms with Gasteiger partial charge in [0.2, 0.25) is 5.89 Å². The van der Waals surface area contributed by atoms with Gasteiger partial charge in [-0.05, 0) is 54.8 Å². The number of amides is 1. The third-order valence-electron chi connectivity index (χ3n) is 4.74. The number of anilines is 1. The highest BCUT2D eigenvalue weighted by Gasteiger charge is 2.16. The number of halogens is 1. The van der Waals surface area contributed by atoms with Gasteiger partial charge in [-0.15, -0.1) is 0 Å². The molecule has 0 bridgehead atoms. The number of carbonyl (C=O) groups excluding carboxylic acids is 1. The highest BCUT2D eigenvalue weighted by Crippen LogP contribution is 2.20. The third kappa shape index (κ3) is 4.23. The van der Waals surface area contributed by atoms with E-state index < -0.39 is 5.91 Å². The van der Waals surface area contributed by atoms with Crippen molar-refractivity contribution in [3.05, 3.63) is 75.7 Å². The Hall–Kier alpha value is -3.52. The van der Waals surface area contributed by atoms with Crippen LogP contribution in [0.2, 0.25) is 5.02 Å². The minimum atomic E-state index is -0.421. The molecule has 3 N–H and O–H groups in total. The van der Waals surface area contributed by atoms with Crippen LogP contribution in [0.15, 0.2) is 41.1 Å². The van der Waals surface area contributed by atoms with Gasteiger partial charge in [0, 0.05) is 23.8 Å². The molecule has 1 amide bonds. The Morgan fingerprint density at radius 2 is 2.03 bits per heavy atom. The molecule has 152 valence electrons. The SMILES string of the molecule is Cc1cc(N)nc(C)c1CNC(=O)c1noc(Cc2ccc3ncc(Cl)cc3c2)n1. The molecule has 4 rings (SSSR count). The summed E-state index contributed by atoms with van der Waals surface area (Å²) >= 11 is 6.01. The van der Waals surface area contributed by atoms with E-state index in [-0.39, 0.29) is 5.82 Å². The highest BCUT2D eigenvalue weighted by molar-refractivity contribution is 6.31. The second-order valence-corrected chi connectivity index (χ2v) is 7.42. The van der Waals surface area contributed by atoms with Gasteiger partial charge in [0.15, 0.2) is 0 Å². The summed E-state index contributed by atoms with van der Waals surface area (Å²) in [5, 5.41) is 8.07. The molecule has 0 saturated heterocycles. The number of hydrogen-bond acceptors (Lipinski definition) is 7. The van der Waals surface area contributed by atoms with E-state index in [1.54, 1.807) is 12.3 Å². The Morgan fingerprint density at radius 3 is 2.83 bits per heavy atom. The molecule has 1 aromatic carbocycles. The molecular formula is C21H19ClN6O2. The number of nitrogen functional groups attached to an aromatic ring is 1. The Bertz CT molecular complexity index is 1230. The average Bonchev–Trinajstić information content (AvgIpc) is 3.15. The van der Waals surface area contributed by atoms with E-state index in [1.807, 2.05) is 38.1 Å². The summed E-state index contributed by atoms with van der Waals surface area (Å²) in [4.78, 5) is 25.1. The Morgan fingerprint density at radius 1 is 1.20 bits per heavy atom. The summed E-state index contributed by atoms with van der Waals surface area (Å²) in [7, 11) is 0. The van der Waals surface area contributed by atoms with Gasteiger partial charge in [0.25, 0.3) is 11.7 Å². The fraction of sp³-hybridized carbons (Fsp3) is 0.190. The normalized spacial score (nSPS) is 11.0. The number of nitrogens with two attached hydrogens (primary N) is 1. The molecule has 0 fully saturated rings. The van der Waals surface area contributed by atoms with Gasteiger partial charge < -0.3 is 15.6 Å². The monoisotopic (exact) mass is 422 g/mol. The first-order chi connectivity index (χ1) is 14.4. The van der Waals surface area contributed by atoms with Gasteiger partial charge in [-0.1, -0.05) is 22.8 Å². The number of fused-ring (bicyclic) bond motifs is 1. The molecule has 4 aromatic rings. The van der Waals surface area contributed by atoms with Gasteiger partial charge in [-0.2, -0.15) is 4.98 Å². The zero-order valence-corrected chi connectivity index (χ0v) is 17.2.